The number of nitro groups is 1. The van der Waals surface area contributed by atoms with Gasteiger partial charge in [0.2, 0.25) is 5.95 Å². The van der Waals surface area contributed by atoms with Gasteiger partial charge in [0.05, 0.1) is 22.4 Å². The fraction of sp³-hybridized carbons (Fsp3) is 0.0556. The molecule has 0 atom stereocenters. The van der Waals surface area contributed by atoms with Gasteiger partial charge in [-0.05, 0) is 19.1 Å². The number of nitro benzene ring substituents is 1. The van der Waals surface area contributed by atoms with Gasteiger partial charge in [-0.15, -0.1) is 0 Å². The van der Waals surface area contributed by atoms with E-state index in [-0.39, 0.29) is 5.69 Å². The van der Waals surface area contributed by atoms with Crippen LogP contribution in [0.3, 0.4) is 0 Å². The molecule has 0 bridgehead atoms. The average Bonchev–Trinajstić information content (AvgIpc) is 2.62. The highest BCUT2D eigenvalue weighted by molar-refractivity contribution is 5.85. The second-order valence-corrected chi connectivity index (χ2v) is 5.27. The van der Waals surface area contributed by atoms with Gasteiger partial charge in [-0.2, -0.15) is 5.10 Å². The molecule has 0 aliphatic carbocycles. The molecule has 25 heavy (non-hydrogen) atoms. The average molecular weight is 333 g/mol. The van der Waals surface area contributed by atoms with Crippen LogP contribution in [0.15, 0.2) is 65.8 Å². The van der Waals surface area contributed by atoms with Crippen molar-refractivity contribution in [2.45, 2.75) is 6.92 Å². The molecule has 1 N–H and O–H groups in total. The van der Waals surface area contributed by atoms with Crippen LogP contribution in [0, 0.1) is 17.0 Å². The van der Waals surface area contributed by atoms with E-state index in [2.05, 4.69) is 20.5 Å². The third-order valence-corrected chi connectivity index (χ3v) is 3.43. The molecule has 0 spiro atoms. The molecule has 124 valence electrons. The summed E-state index contributed by atoms with van der Waals surface area (Å²) in [4.78, 5) is 19.3. The largest absolute Gasteiger partial charge is 0.278 e. The standard InChI is InChI=1S/C18H15N5O2/c1-13-11-16(14-7-3-2-4-8-14)21-18(20-13)22-19-12-15-9-5-6-10-17(15)23(24)25/h2-12H,1H3,(H,20,21,22)/b19-12+. The Morgan fingerprint density at radius 3 is 2.56 bits per heavy atom. The molecule has 7 heteroatoms. The quantitative estimate of drug-likeness (QED) is 0.435. The van der Waals surface area contributed by atoms with E-state index in [0.717, 1.165) is 17.0 Å². The van der Waals surface area contributed by atoms with Gasteiger partial charge in [0.1, 0.15) is 0 Å². The van der Waals surface area contributed by atoms with Crippen molar-refractivity contribution in [2.24, 2.45) is 5.10 Å². The van der Waals surface area contributed by atoms with Gasteiger partial charge in [0.25, 0.3) is 5.69 Å². The van der Waals surface area contributed by atoms with E-state index in [1.54, 1.807) is 18.2 Å². The summed E-state index contributed by atoms with van der Waals surface area (Å²) in [6.45, 7) is 1.87. The fourth-order valence-electron chi connectivity index (χ4n) is 2.30. The lowest BCUT2D eigenvalue weighted by molar-refractivity contribution is -0.385. The number of nitrogens with zero attached hydrogens (tertiary/aromatic N) is 4. The van der Waals surface area contributed by atoms with E-state index in [1.165, 1.54) is 12.3 Å². The number of aryl methyl sites for hydroxylation is 1. The Labute approximate surface area is 144 Å². The number of anilines is 1. The lowest BCUT2D eigenvalue weighted by atomic mass is 10.1. The number of hydrogen-bond acceptors (Lipinski definition) is 6. The normalized spacial score (nSPS) is 10.8. The van der Waals surface area contributed by atoms with Crippen molar-refractivity contribution in [1.29, 1.82) is 0 Å². The summed E-state index contributed by atoms with van der Waals surface area (Å²) in [5.74, 6) is 0.327. The molecular formula is C18H15N5O2. The Balaban J connectivity index is 1.82. The minimum absolute atomic E-state index is 0.0109. The van der Waals surface area contributed by atoms with Gasteiger partial charge >= 0.3 is 0 Å². The Morgan fingerprint density at radius 2 is 1.80 bits per heavy atom. The van der Waals surface area contributed by atoms with Crippen LogP contribution < -0.4 is 5.43 Å². The van der Waals surface area contributed by atoms with Gasteiger partial charge in [-0.3, -0.25) is 10.1 Å². The fourth-order valence-corrected chi connectivity index (χ4v) is 2.30. The molecule has 2 aromatic carbocycles. The van der Waals surface area contributed by atoms with Crippen molar-refractivity contribution in [2.75, 3.05) is 5.43 Å². The van der Waals surface area contributed by atoms with E-state index < -0.39 is 4.92 Å². The molecule has 3 aromatic rings. The first kappa shape index (κ1) is 16.3. The van der Waals surface area contributed by atoms with Crippen LogP contribution in [0.1, 0.15) is 11.3 Å². The number of nitrogens with one attached hydrogen (secondary N) is 1. The van der Waals surface area contributed by atoms with Crippen molar-refractivity contribution >= 4 is 17.9 Å². The zero-order valence-electron chi connectivity index (χ0n) is 13.5. The summed E-state index contributed by atoms with van der Waals surface area (Å²) in [5.41, 5.74) is 5.66. The monoisotopic (exact) mass is 333 g/mol. The SMILES string of the molecule is Cc1cc(-c2ccccc2)nc(N/N=C/c2ccccc2[N+](=O)[O-])n1. The third-order valence-electron chi connectivity index (χ3n) is 3.43. The second-order valence-electron chi connectivity index (χ2n) is 5.27. The summed E-state index contributed by atoms with van der Waals surface area (Å²) in [7, 11) is 0. The molecule has 0 aliphatic rings. The van der Waals surface area contributed by atoms with Crippen LogP contribution >= 0.6 is 0 Å². The molecule has 0 aliphatic heterocycles. The van der Waals surface area contributed by atoms with Crippen LogP contribution in [0.5, 0.6) is 0 Å². The van der Waals surface area contributed by atoms with Crippen molar-refractivity contribution in [3.8, 4) is 11.3 Å². The van der Waals surface area contributed by atoms with E-state index in [1.807, 2.05) is 43.3 Å². The number of para-hydroxylation sites is 1. The van der Waals surface area contributed by atoms with Crippen LogP contribution in [0.4, 0.5) is 11.6 Å². The number of hydrazone groups is 1. The Hall–Kier alpha value is -3.61. The van der Waals surface area contributed by atoms with Gasteiger partial charge in [-0.1, -0.05) is 42.5 Å². The first-order valence-corrected chi connectivity index (χ1v) is 7.57. The van der Waals surface area contributed by atoms with E-state index in [0.29, 0.717) is 11.5 Å². The van der Waals surface area contributed by atoms with Gasteiger partial charge in [0, 0.05) is 17.3 Å². The maximum absolute atomic E-state index is 11.0. The van der Waals surface area contributed by atoms with E-state index in [4.69, 9.17) is 0 Å². The molecule has 1 aromatic heterocycles. The molecule has 3 rings (SSSR count). The Kier molecular flexibility index (Phi) is 4.75. The number of benzene rings is 2. The van der Waals surface area contributed by atoms with Gasteiger partial charge in [-0.25, -0.2) is 15.4 Å². The molecule has 0 saturated carbocycles. The summed E-state index contributed by atoms with van der Waals surface area (Å²) in [6, 6.07) is 18.0. The topological polar surface area (TPSA) is 93.3 Å². The first-order chi connectivity index (χ1) is 12.1. The third kappa shape index (κ3) is 4.03. The molecule has 0 amide bonds. The Bertz CT molecular complexity index is 926. The first-order valence-electron chi connectivity index (χ1n) is 7.57. The van der Waals surface area contributed by atoms with Crippen LogP contribution in [-0.4, -0.2) is 21.1 Å². The van der Waals surface area contributed by atoms with Gasteiger partial charge in [0.15, 0.2) is 0 Å². The summed E-state index contributed by atoms with van der Waals surface area (Å²) in [5, 5.41) is 15.0. The van der Waals surface area contributed by atoms with Crippen molar-refractivity contribution < 1.29 is 4.92 Å². The highest BCUT2D eigenvalue weighted by Crippen LogP contribution is 2.19. The molecule has 0 fully saturated rings. The Morgan fingerprint density at radius 1 is 1.08 bits per heavy atom. The molecular weight excluding hydrogens is 318 g/mol. The van der Waals surface area contributed by atoms with Crippen LogP contribution in [0.25, 0.3) is 11.3 Å². The molecule has 0 saturated heterocycles. The molecule has 0 radical (unpaired) electrons. The summed E-state index contributed by atoms with van der Waals surface area (Å²) < 4.78 is 0. The highest BCUT2D eigenvalue weighted by Gasteiger charge is 2.10. The molecule has 0 unspecified atom stereocenters. The number of aromatic nitrogens is 2. The smallest absolute Gasteiger partial charge is 0.258 e. The van der Waals surface area contributed by atoms with E-state index in [9.17, 15) is 10.1 Å². The van der Waals surface area contributed by atoms with Crippen LogP contribution in [-0.2, 0) is 0 Å². The highest BCUT2D eigenvalue weighted by atomic mass is 16.6. The summed E-state index contributed by atoms with van der Waals surface area (Å²) in [6.07, 6.45) is 1.38. The molecule has 1 heterocycles. The van der Waals surface area contributed by atoms with E-state index >= 15 is 0 Å². The number of rotatable bonds is 5. The van der Waals surface area contributed by atoms with Crippen LogP contribution in [0.2, 0.25) is 0 Å². The van der Waals surface area contributed by atoms with Crippen molar-refractivity contribution in [1.82, 2.24) is 9.97 Å². The predicted molar refractivity (Wildman–Crippen MR) is 96.5 cm³/mol. The van der Waals surface area contributed by atoms with Crippen molar-refractivity contribution in [3.05, 3.63) is 82.0 Å². The van der Waals surface area contributed by atoms with Gasteiger partial charge < -0.3 is 0 Å². The van der Waals surface area contributed by atoms with Crippen molar-refractivity contribution in [3.63, 3.8) is 0 Å². The second kappa shape index (κ2) is 7.31. The predicted octanol–water partition coefficient (Wildman–Crippen LogP) is 3.81. The minimum atomic E-state index is -0.446. The number of hydrogen-bond donors (Lipinski definition) is 1. The summed E-state index contributed by atoms with van der Waals surface area (Å²) >= 11 is 0. The zero-order chi connectivity index (χ0) is 17.6. The minimum Gasteiger partial charge on any atom is -0.258 e. The maximum Gasteiger partial charge on any atom is 0.278 e. The lowest BCUT2D eigenvalue weighted by Crippen LogP contribution is -2.01. The molecule has 7 nitrogen and oxygen atoms in total. The zero-order valence-corrected chi connectivity index (χ0v) is 13.5. The lowest BCUT2D eigenvalue weighted by Gasteiger charge is -2.05. The maximum atomic E-state index is 11.0.